The number of rotatable bonds is 15. The highest BCUT2D eigenvalue weighted by molar-refractivity contribution is 6.08. The molecule has 1 aromatic heterocycles. The molecule has 222 valence electrons. The molecule has 41 heavy (non-hydrogen) atoms. The molecule has 0 amide bonds. The second-order valence-corrected chi connectivity index (χ2v) is 9.93. The summed E-state index contributed by atoms with van der Waals surface area (Å²) in [4.78, 5) is 18.2. The highest BCUT2D eigenvalue weighted by Gasteiger charge is 2.20. The van der Waals surface area contributed by atoms with Crippen molar-refractivity contribution in [2.24, 2.45) is 21.5 Å². The minimum Gasteiger partial charge on any atom is -0.404 e. The van der Waals surface area contributed by atoms with Crippen molar-refractivity contribution in [3.05, 3.63) is 78.2 Å². The Morgan fingerprint density at radius 2 is 2.05 bits per heavy atom. The highest BCUT2D eigenvalue weighted by Crippen LogP contribution is 2.20. The van der Waals surface area contributed by atoms with Crippen molar-refractivity contribution in [1.29, 1.82) is 0 Å². The van der Waals surface area contributed by atoms with Crippen molar-refractivity contribution in [2.75, 3.05) is 53.0 Å². The van der Waals surface area contributed by atoms with Gasteiger partial charge in [-0.3, -0.25) is 14.9 Å². The van der Waals surface area contributed by atoms with Crippen molar-refractivity contribution >= 4 is 23.3 Å². The van der Waals surface area contributed by atoms with E-state index in [2.05, 4.69) is 25.1 Å². The summed E-state index contributed by atoms with van der Waals surface area (Å²) in [6.45, 7) is 7.55. The Labute approximate surface area is 243 Å². The molecule has 2 aliphatic rings. The number of morpholine rings is 1. The first kappa shape index (κ1) is 31.8. The van der Waals surface area contributed by atoms with Crippen LogP contribution in [0.5, 0.6) is 0 Å². The van der Waals surface area contributed by atoms with Gasteiger partial charge in [-0.15, -0.1) is 0 Å². The average Bonchev–Trinajstić information content (AvgIpc) is 3.37. The van der Waals surface area contributed by atoms with E-state index in [0.717, 1.165) is 74.8 Å². The molecule has 0 saturated carbocycles. The molecule has 1 fully saturated rings. The summed E-state index contributed by atoms with van der Waals surface area (Å²) in [7, 11) is 1.99. The molecule has 2 aliphatic heterocycles. The van der Waals surface area contributed by atoms with Crippen molar-refractivity contribution < 1.29 is 9.13 Å². The second-order valence-electron chi connectivity index (χ2n) is 9.93. The Bertz CT molecular complexity index is 1160. The molecule has 1 atom stereocenters. The summed E-state index contributed by atoms with van der Waals surface area (Å²) in [5.74, 6) is 0.385. The van der Waals surface area contributed by atoms with E-state index in [1.807, 2.05) is 56.6 Å². The van der Waals surface area contributed by atoms with E-state index in [-0.39, 0.29) is 12.0 Å². The van der Waals surface area contributed by atoms with Crippen LogP contribution in [-0.2, 0) is 4.74 Å². The number of ether oxygens (including phenoxy) is 1. The van der Waals surface area contributed by atoms with Gasteiger partial charge in [0.15, 0.2) is 0 Å². The van der Waals surface area contributed by atoms with Crippen LogP contribution in [0.3, 0.4) is 0 Å². The van der Waals surface area contributed by atoms with E-state index in [1.54, 1.807) is 18.5 Å². The van der Waals surface area contributed by atoms with E-state index in [1.165, 1.54) is 6.08 Å². The number of hydrogen-bond donors (Lipinski definition) is 3. The van der Waals surface area contributed by atoms with Gasteiger partial charge in [0.1, 0.15) is 12.0 Å². The Balaban J connectivity index is 1.46. The maximum absolute atomic E-state index is 13.5. The van der Waals surface area contributed by atoms with Crippen molar-refractivity contribution in [2.45, 2.75) is 38.8 Å². The smallest absolute Gasteiger partial charge is 0.118 e. The third kappa shape index (κ3) is 11.3. The lowest BCUT2D eigenvalue weighted by Crippen LogP contribution is -2.37. The van der Waals surface area contributed by atoms with E-state index in [9.17, 15) is 4.39 Å². The second kappa shape index (κ2) is 17.8. The number of likely N-dealkylation sites (N-methyl/N-ethyl adjacent to an activating group) is 1. The number of nitrogens with one attached hydrogen (secondary N) is 1. The van der Waals surface area contributed by atoms with Crippen LogP contribution in [0.1, 0.15) is 44.0 Å². The lowest BCUT2D eigenvalue weighted by atomic mass is 10.1. The monoisotopic (exact) mass is 564 g/mol. The molecule has 9 nitrogen and oxygen atoms in total. The fraction of sp³-hybridized carbons (Fsp3) is 0.452. The molecule has 1 saturated heterocycles. The molecule has 0 aliphatic carbocycles. The number of allylic oxidation sites excluding steroid dienone is 5. The number of nitrogens with two attached hydrogens (primary N) is 2. The molecule has 1 aromatic rings. The lowest BCUT2D eigenvalue weighted by molar-refractivity contribution is 0.0395. The number of pyridine rings is 1. The molecule has 10 heteroatoms. The van der Waals surface area contributed by atoms with Gasteiger partial charge in [0.05, 0.1) is 42.7 Å². The molecule has 0 spiro atoms. The van der Waals surface area contributed by atoms with Gasteiger partial charge in [-0.1, -0.05) is 24.6 Å². The van der Waals surface area contributed by atoms with Gasteiger partial charge in [0.2, 0.25) is 0 Å². The topological polar surface area (TPSA) is 117 Å². The van der Waals surface area contributed by atoms with Crippen LogP contribution in [0.2, 0.25) is 0 Å². The summed E-state index contributed by atoms with van der Waals surface area (Å²) in [5, 5.41) is 3.48. The molecule has 0 aromatic carbocycles. The van der Waals surface area contributed by atoms with Gasteiger partial charge in [0.25, 0.3) is 0 Å². The first-order chi connectivity index (χ1) is 20.0. The van der Waals surface area contributed by atoms with E-state index >= 15 is 0 Å². The molecule has 3 rings (SSSR count). The Kier molecular flexibility index (Phi) is 13.8. The van der Waals surface area contributed by atoms with Crippen LogP contribution in [0.15, 0.2) is 76.8 Å². The van der Waals surface area contributed by atoms with Crippen LogP contribution < -0.4 is 16.8 Å². The van der Waals surface area contributed by atoms with Crippen molar-refractivity contribution in [3.63, 3.8) is 0 Å². The molecule has 0 bridgehead atoms. The highest BCUT2D eigenvalue weighted by atomic mass is 19.1. The first-order valence-electron chi connectivity index (χ1n) is 14.4. The number of hydrogen-bond acceptors (Lipinski definition) is 8. The van der Waals surface area contributed by atoms with E-state index < -0.39 is 0 Å². The van der Waals surface area contributed by atoms with Crippen LogP contribution >= 0.6 is 0 Å². The van der Waals surface area contributed by atoms with Crippen molar-refractivity contribution in [1.82, 2.24) is 20.1 Å². The van der Waals surface area contributed by atoms with Crippen LogP contribution in [0, 0.1) is 0 Å². The van der Waals surface area contributed by atoms with Gasteiger partial charge in [-0.05, 0) is 56.5 Å². The number of halogens is 1. The average molecular weight is 565 g/mol. The molecule has 0 radical (unpaired) electrons. The molecule has 3 heterocycles. The number of aliphatic imine (C=N–C) groups is 2. The Hall–Kier alpha value is -3.76. The quantitative estimate of drug-likeness (QED) is 0.128. The van der Waals surface area contributed by atoms with Crippen LogP contribution in [0.4, 0.5) is 4.39 Å². The fourth-order valence-corrected chi connectivity index (χ4v) is 4.35. The zero-order valence-corrected chi connectivity index (χ0v) is 24.4. The van der Waals surface area contributed by atoms with Gasteiger partial charge in [-0.2, -0.15) is 0 Å². The van der Waals surface area contributed by atoms with Gasteiger partial charge >= 0.3 is 0 Å². The zero-order valence-electron chi connectivity index (χ0n) is 24.4. The standard InChI is InChI=1S/C31H45FN8O/c1-3-4-9-26(32)10-6-5-7-15-36-30(34)13-14-31-38-29(24-39(31)2)28-12-8-11-27(37-28)25(22-33)23-35-16-17-40-18-20-41-21-19-40/h3-4,8-9,11-14,22-24,31,38H,5-7,10,15-21,33H2,1-2H3,(H2,34,36)/b4-3-,14-13-,25-22?,26-9+,35-23?. The molecule has 5 N–H and O–H groups in total. The third-order valence-corrected chi connectivity index (χ3v) is 6.74. The summed E-state index contributed by atoms with van der Waals surface area (Å²) in [6.07, 6.45) is 17.2. The SMILES string of the molecule is C/C=C\C=C(\F)CCCCCN=C(N)/C=C\C1NC(c2cccc(C(C=NCCN3CCOCC3)=CN)n2)=CN1C. The fourth-order valence-electron chi connectivity index (χ4n) is 4.35. The van der Waals surface area contributed by atoms with Gasteiger partial charge in [0, 0.05) is 57.4 Å². The lowest BCUT2D eigenvalue weighted by Gasteiger charge is -2.25. The van der Waals surface area contributed by atoms with Crippen LogP contribution in [0.25, 0.3) is 11.3 Å². The summed E-state index contributed by atoms with van der Waals surface area (Å²) in [6, 6.07) is 5.86. The van der Waals surface area contributed by atoms with E-state index in [0.29, 0.717) is 25.3 Å². The summed E-state index contributed by atoms with van der Waals surface area (Å²) >= 11 is 0. The van der Waals surface area contributed by atoms with Gasteiger partial charge in [-0.25, -0.2) is 9.37 Å². The predicted octanol–water partition coefficient (Wildman–Crippen LogP) is 3.85. The first-order valence-corrected chi connectivity index (χ1v) is 14.4. The summed E-state index contributed by atoms with van der Waals surface area (Å²) in [5.41, 5.74) is 15.3. The van der Waals surface area contributed by atoms with Crippen molar-refractivity contribution in [3.8, 4) is 0 Å². The maximum atomic E-state index is 13.5. The zero-order chi connectivity index (χ0) is 29.3. The number of unbranched alkanes of at least 4 members (excludes halogenated alkanes) is 2. The van der Waals surface area contributed by atoms with E-state index in [4.69, 9.17) is 21.2 Å². The Morgan fingerprint density at radius 3 is 2.83 bits per heavy atom. The number of aromatic nitrogens is 1. The summed E-state index contributed by atoms with van der Waals surface area (Å²) < 4.78 is 18.9. The third-order valence-electron chi connectivity index (χ3n) is 6.74. The maximum Gasteiger partial charge on any atom is 0.118 e. The normalized spacial score (nSPS) is 19.6. The minimum atomic E-state index is -0.0858. The Morgan fingerprint density at radius 1 is 1.22 bits per heavy atom. The van der Waals surface area contributed by atoms with Gasteiger partial charge < -0.3 is 26.4 Å². The van der Waals surface area contributed by atoms with Crippen LogP contribution in [-0.4, -0.2) is 86.0 Å². The molecular formula is C31H45FN8O. The number of amidine groups is 1. The molecular weight excluding hydrogens is 519 g/mol. The predicted molar refractivity (Wildman–Crippen MR) is 168 cm³/mol. The largest absolute Gasteiger partial charge is 0.404 e. The minimum absolute atomic E-state index is 0.0811. The number of nitrogens with zero attached hydrogens (tertiary/aromatic N) is 5. The molecule has 1 unspecified atom stereocenters.